The summed E-state index contributed by atoms with van der Waals surface area (Å²) in [6, 6.07) is 12.7. The molecule has 4 heteroatoms. The summed E-state index contributed by atoms with van der Waals surface area (Å²) < 4.78 is 11.3. The van der Waals surface area contributed by atoms with Gasteiger partial charge in [-0.2, -0.15) is 0 Å². The molecule has 0 aliphatic rings. The molecule has 0 amide bonds. The van der Waals surface area contributed by atoms with Gasteiger partial charge in [0.2, 0.25) is 0 Å². The first-order chi connectivity index (χ1) is 10.1. The van der Waals surface area contributed by atoms with Gasteiger partial charge in [0.05, 0.1) is 17.7 Å². The molecule has 3 nitrogen and oxygen atoms in total. The van der Waals surface area contributed by atoms with E-state index >= 15 is 0 Å². The fraction of sp³-hybridized carbons (Fsp3) is 0.294. The van der Waals surface area contributed by atoms with Crippen LogP contribution >= 0.6 is 11.6 Å². The number of aliphatic hydroxyl groups is 1. The third-order valence-electron chi connectivity index (χ3n) is 2.96. The van der Waals surface area contributed by atoms with Crippen molar-refractivity contribution < 1.29 is 14.6 Å². The zero-order chi connectivity index (χ0) is 15.2. The summed E-state index contributed by atoms with van der Waals surface area (Å²) in [6.07, 6.45) is 0.426. The minimum Gasteiger partial charge on any atom is -0.494 e. The molecule has 0 heterocycles. The van der Waals surface area contributed by atoms with Gasteiger partial charge < -0.3 is 14.6 Å². The zero-order valence-electron chi connectivity index (χ0n) is 12.2. The topological polar surface area (TPSA) is 38.7 Å². The van der Waals surface area contributed by atoms with Crippen molar-refractivity contribution in [2.24, 2.45) is 0 Å². The molecular formula is C17H19ClO3. The molecule has 0 saturated heterocycles. The van der Waals surface area contributed by atoms with Gasteiger partial charge in [0, 0.05) is 0 Å². The van der Waals surface area contributed by atoms with Gasteiger partial charge in [-0.05, 0) is 55.3 Å². The molecule has 0 aromatic heterocycles. The number of rotatable bonds is 6. The molecule has 0 fully saturated rings. The highest BCUT2D eigenvalue weighted by Gasteiger charge is 2.07. The van der Waals surface area contributed by atoms with Crippen LogP contribution in [0.3, 0.4) is 0 Å². The first-order valence-electron chi connectivity index (χ1n) is 6.98. The van der Waals surface area contributed by atoms with E-state index in [2.05, 4.69) is 6.92 Å². The van der Waals surface area contributed by atoms with E-state index in [9.17, 15) is 5.11 Å². The number of hydrogen-bond acceptors (Lipinski definition) is 3. The Labute approximate surface area is 130 Å². The van der Waals surface area contributed by atoms with Gasteiger partial charge in [-0.25, -0.2) is 0 Å². The fourth-order valence-corrected chi connectivity index (χ4v) is 2.04. The highest BCUT2D eigenvalue weighted by molar-refractivity contribution is 6.32. The second-order valence-corrected chi connectivity index (χ2v) is 5.19. The van der Waals surface area contributed by atoms with Crippen LogP contribution in [-0.2, 0) is 0 Å². The number of benzene rings is 2. The fourth-order valence-electron chi connectivity index (χ4n) is 1.81. The average molecular weight is 307 g/mol. The lowest BCUT2D eigenvalue weighted by atomic mass is 10.1. The molecule has 2 rings (SSSR count). The first-order valence-corrected chi connectivity index (χ1v) is 7.36. The zero-order valence-corrected chi connectivity index (χ0v) is 12.9. The minimum absolute atomic E-state index is 0.472. The highest BCUT2D eigenvalue weighted by atomic mass is 35.5. The summed E-state index contributed by atoms with van der Waals surface area (Å²) in [6.45, 7) is 4.46. The molecule has 1 N–H and O–H groups in total. The second kappa shape index (κ2) is 7.34. The molecule has 2 aromatic rings. The van der Waals surface area contributed by atoms with E-state index in [0.717, 1.165) is 17.7 Å². The van der Waals surface area contributed by atoms with Crippen LogP contribution < -0.4 is 9.47 Å². The molecule has 0 bridgehead atoms. The van der Waals surface area contributed by atoms with Gasteiger partial charge in [-0.3, -0.25) is 0 Å². The van der Waals surface area contributed by atoms with Crippen molar-refractivity contribution in [3.63, 3.8) is 0 Å². The summed E-state index contributed by atoms with van der Waals surface area (Å²) in [5.74, 6) is 2.06. The molecule has 1 atom stereocenters. The predicted molar refractivity (Wildman–Crippen MR) is 84.4 cm³/mol. The van der Waals surface area contributed by atoms with Crippen LogP contribution in [-0.4, -0.2) is 11.7 Å². The third kappa shape index (κ3) is 4.38. The van der Waals surface area contributed by atoms with E-state index in [0.29, 0.717) is 23.1 Å². The SMILES string of the molecule is CCCOc1ccc(Oc2ccc(C(C)O)cc2Cl)cc1. The van der Waals surface area contributed by atoms with Crippen molar-refractivity contribution in [3.8, 4) is 17.2 Å². The Morgan fingerprint density at radius 3 is 2.33 bits per heavy atom. The summed E-state index contributed by atoms with van der Waals surface area (Å²) in [5, 5.41) is 9.99. The lowest BCUT2D eigenvalue weighted by molar-refractivity contribution is 0.199. The Hall–Kier alpha value is -1.71. The Balaban J connectivity index is 2.07. The second-order valence-electron chi connectivity index (χ2n) is 4.79. The maximum absolute atomic E-state index is 9.52. The van der Waals surface area contributed by atoms with E-state index in [1.807, 2.05) is 24.3 Å². The molecule has 2 aromatic carbocycles. The lowest BCUT2D eigenvalue weighted by Crippen LogP contribution is -1.95. The van der Waals surface area contributed by atoms with Crippen molar-refractivity contribution in [1.29, 1.82) is 0 Å². The Bertz CT molecular complexity index is 579. The van der Waals surface area contributed by atoms with E-state index < -0.39 is 6.10 Å². The first kappa shape index (κ1) is 15.7. The van der Waals surface area contributed by atoms with Crippen molar-refractivity contribution >= 4 is 11.6 Å². The van der Waals surface area contributed by atoms with E-state index in [1.165, 1.54) is 0 Å². The van der Waals surface area contributed by atoms with Crippen molar-refractivity contribution in [2.45, 2.75) is 26.4 Å². The summed E-state index contributed by atoms with van der Waals surface area (Å²) in [5.41, 5.74) is 0.760. The van der Waals surface area contributed by atoms with Gasteiger partial charge in [0.1, 0.15) is 17.2 Å². The van der Waals surface area contributed by atoms with Crippen LogP contribution in [0.15, 0.2) is 42.5 Å². The van der Waals surface area contributed by atoms with Crippen LogP contribution in [0.1, 0.15) is 31.9 Å². The van der Waals surface area contributed by atoms with Crippen molar-refractivity contribution in [2.75, 3.05) is 6.61 Å². The molecule has 0 aliphatic carbocycles. The smallest absolute Gasteiger partial charge is 0.146 e. The quantitative estimate of drug-likeness (QED) is 0.818. The number of ether oxygens (including phenoxy) is 2. The molecule has 0 radical (unpaired) electrons. The maximum Gasteiger partial charge on any atom is 0.146 e. The Kier molecular flexibility index (Phi) is 5.48. The van der Waals surface area contributed by atoms with Gasteiger partial charge in [-0.15, -0.1) is 0 Å². The van der Waals surface area contributed by atoms with E-state index in [1.54, 1.807) is 25.1 Å². The third-order valence-corrected chi connectivity index (χ3v) is 3.26. The maximum atomic E-state index is 9.52. The normalized spacial score (nSPS) is 12.0. The number of halogens is 1. The molecule has 0 spiro atoms. The molecule has 112 valence electrons. The van der Waals surface area contributed by atoms with Crippen molar-refractivity contribution in [1.82, 2.24) is 0 Å². The lowest BCUT2D eigenvalue weighted by Gasteiger charge is -2.11. The molecule has 0 saturated carbocycles. The van der Waals surface area contributed by atoms with Gasteiger partial charge in [0.15, 0.2) is 0 Å². The molecule has 0 aliphatic heterocycles. The highest BCUT2D eigenvalue weighted by Crippen LogP contribution is 2.32. The molecule has 21 heavy (non-hydrogen) atoms. The molecular weight excluding hydrogens is 288 g/mol. The molecule has 1 unspecified atom stereocenters. The van der Waals surface area contributed by atoms with Gasteiger partial charge in [0.25, 0.3) is 0 Å². The van der Waals surface area contributed by atoms with Crippen molar-refractivity contribution in [3.05, 3.63) is 53.1 Å². The summed E-state index contributed by atoms with van der Waals surface area (Å²) in [4.78, 5) is 0. The van der Waals surface area contributed by atoms with Gasteiger partial charge in [-0.1, -0.05) is 24.6 Å². The number of aliphatic hydroxyl groups excluding tert-OH is 1. The van der Waals surface area contributed by atoms with Crippen LogP contribution in [0.25, 0.3) is 0 Å². The Morgan fingerprint density at radius 1 is 1.10 bits per heavy atom. The standard InChI is InChI=1S/C17H19ClO3/c1-3-10-20-14-5-7-15(8-6-14)21-17-9-4-13(12(2)19)11-16(17)18/h4-9,11-12,19H,3,10H2,1-2H3. The monoisotopic (exact) mass is 306 g/mol. The summed E-state index contributed by atoms with van der Waals surface area (Å²) >= 11 is 6.16. The largest absolute Gasteiger partial charge is 0.494 e. The summed E-state index contributed by atoms with van der Waals surface area (Å²) in [7, 11) is 0. The van der Waals surface area contributed by atoms with E-state index in [-0.39, 0.29) is 0 Å². The van der Waals surface area contributed by atoms with Gasteiger partial charge >= 0.3 is 0 Å². The van der Waals surface area contributed by atoms with Crippen LogP contribution in [0.5, 0.6) is 17.2 Å². The predicted octanol–water partition coefficient (Wildman–Crippen LogP) is 4.97. The minimum atomic E-state index is -0.549. The number of hydrogen-bond donors (Lipinski definition) is 1. The van der Waals surface area contributed by atoms with Crippen LogP contribution in [0.2, 0.25) is 5.02 Å². The van der Waals surface area contributed by atoms with Crippen LogP contribution in [0, 0.1) is 0 Å². The average Bonchev–Trinajstić information content (AvgIpc) is 2.48. The Morgan fingerprint density at radius 2 is 1.76 bits per heavy atom. The van der Waals surface area contributed by atoms with Crippen LogP contribution in [0.4, 0.5) is 0 Å². The van der Waals surface area contributed by atoms with E-state index in [4.69, 9.17) is 21.1 Å².